The summed E-state index contributed by atoms with van der Waals surface area (Å²) in [5.41, 5.74) is 0. The number of carbonyl (C=O) groups is 5. The van der Waals surface area contributed by atoms with E-state index in [9.17, 15) is 29.1 Å². The topological polar surface area (TPSA) is 154 Å². The van der Waals surface area contributed by atoms with E-state index in [1.807, 2.05) is 11.8 Å². The van der Waals surface area contributed by atoms with Crippen molar-refractivity contribution in [3.8, 4) is 0 Å². The number of hydroxylamine groups is 2. The standard InChI is InChI=1S/C20H30N4O7S/c25-13-10-16(27)24(19(13)29)31-17(28)8-2-1-5-9-21-15(26)7-4-3-6-14-18-12(11-32-14)22-20(30)23-18/h12-14,18,25H,1-11H2,(H,21,26)(H2,22,23,30)/t12-,13?,14-,18-/m0/s1. The van der Waals surface area contributed by atoms with Gasteiger partial charge < -0.3 is 25.9 Å². The second kappa shape index (κ2) is 11.5. The number of fused-ring (bicyclic) bond motifs is 1. The van der Waals surface area contributed by atoms with Crippen molar-refractivity contribution in [1.29, 1.82) is 0 Å². The predicted molar refractivity (Wildman–Crippen MR) is 114 cm³/mol. The van der Waals surface area contributed by atoms with Gasteiger partial charge in [-0.2, -0.15) is 11.8 Å². The molecule has 4 atom stereocenters. The number of nitrogens with one attached hydrogen (secondary N) is 3. The number of hydrogen-bond donors (Lipinski definition) is 4. The van der Waals surface area contributed by atoms with Crippen LogP contribution in [0.15, 0.2) is 0 Å². The lowest BCUT2D eigenvalue weighted by molar-refractivity contribution is -0.198. The number of aliphatic hydroxyl groups excluding tert-OH is 1. The van der Waals surface area contributed by atoms with Crippen LogP contribution in [-0.4, -0.2) is 75.6 Å². The monoisotopic (exact) mass is 470 g/mol. The van der Waals surface area contributed by atoms with E-state index in [2.05, 4.69) is 16.0 Å². The van der Waals surface area contributed by atoms with Gasteiger partial charge in [-0.3, -0.25) is 14.4 Å². The Morgan fingerprint density at radius 3 is 2.62 bits per heavy atom. The lowest BCUT2D eigenvalue weighted by Crippen LogP contribution is -2.36. The minimum Gasteiger partial charge on any atom is -0.383 e. The fourth-order valence-electron chi connectivity index (χ4n) is 4.00. The van der Waals surface area contributed by atoms with Gasteiger partial charge in [0, 0.05) is 30.4 Å². The van der Waals surface area contributed by atoms with Crippen LogP contribution in [0.2, 0.25) is 0 Å². The molecule has 3 saturated heterocycles. The van der Waals surface area contributed by atoms with Crippen LogP contribution in [0, 0.1) is 0 Å². The van der Waals surface area contributed by atoms with Gasteiger partial charge in [0.15, 0.2) is 0 Å². The first-order chi connectivity index (χ1) is 15.3. The number of thioether (sulfide) groups is 1. The molecule has 5 amide bonds. The summed E-state index contributed by atoms with van der Waals surface area (Å²) >= 11 is 1.87. The summed E-state index contributed by atoms with van der Waals surface area (Å²) in [5.74, 6) is -1.41. The zero-order chi connectivity index (χ0) is 23.1. The lowest BCUT2D eigenvalue weighted by atomic mass is 10.0. The Morgan fingerprint density at radius 1 is 1.09 bits per heavy atom. The zero-order valence-corrected chi connectivity index (χ0v) is 18.7. The van der Waals surface area contributed by atoms with Crippen LogP contribution < -0.4 is 16.0 Å². The van der Waals surface area contributed by atoms with Crippen LogP contribution in [0.4, 0.5) is 4.79 Å². The molecule has 0 aliphatic carbocycles. The third-order valence-electron chi connectivity index (χ3n) is 5.73. The number of carbonyl (C=O) groups excluding carboxylic acids is 5. The van der Waals surface area contributed by atoms with E-state index in [1.165, 1.54) is 0 Å². The van der Waals surface area contributed by atoms with Crippen molar-refractivity contribution < 1.29 is 33.9 Å². The largest absolute Gasteiger partial charge is 0.383 e. The molecule has 4 N–H and O–H groups in total. The van der Waals surface area contributed by atoms with Gasteiger partial charge in [0.25, 0.3) is 11.8 Å². The van der Waals surface area contributed by atoms with E-state index in [0.29, 0.717) is 42.5 Å². The number of rotatable bonds is 12. The summed E-state index contributed by atoms with van der Waals surface area (Å²) in [6.45, 7) is 0.517. The Bertz CT molecular complexity index is 749. The predicted octanol–water partition coefficient (Wildman–Crippen LogP) is -0.0332. The fraction of sp³-hybridized carbons (Fsp3) is 0.750. The molecule has 11 nitrogen and oxygen atoms in total. The van der Waals surface area contributed by atoms with Crippen LogP contribution >= 0.6 is 11.8 Å². The molecule has 3 aliphatic rings. The second-order valence-electron chi connectivity index (χ2n) is 8.24. The fourth-order valence-corrected chi connectivity index (χ4v) is 5.54. The van der Waals surface area contributed by atoms with E-state index in [0.717, 1.165) is 25.0 Å². The van der Waals surface area contributed by atoms with Crippen molar-refractivity contribution >= 4 is 41.5 Å². The Hall–Kier alpha value is -2.34. The molecule has 0 aromatic rings. The smallest absolute Gasteiger partial charge is 0.333 e. The van der Waals surface area contributed by atoms with Crippen molar-refractivity contribution in [3.05, 3.63) is 0 Å². The summed E-state index contributed by atoms with van der Waals surface area (Å²) < 4.78 is 0. The van der Waals surface area contributed by atoms with Crippen LogP contribution in [-0.2, 0) is 24.0 Å². The Kier molecular flexibility index (Phi) is 8.74. The van der Waals surface area contributed by atoms with Gasteiger partial charge in [-0.05, 0) is 25.7 Å². The molecule has 0 spiro atoms. The molecule has 0 saturated carbocycles. The van der Waals surface area contributed by atoms with Gasteiger partial charge >= 0.3 is 12.0 Å². The number of imide groups is 1. The number of aliphatic hydroxyl groups is 1. The third-order valence-corrected chi connectivity index (χ3v) is 7.24. The highest BCUT2D eigenvalue weighted by Crippen LogP contribution is 2.33. The first-order valence-electron chi connectivity index (χ1n) is 11.1. The van der Waals surface area contributed by atoms with Crippen LogP contribution in [0.5, 0.6) is 0 Å². The molecule has 1 unspecified atom stereocenters. The number of hydrogen-bond acceptors (Lipinski definition) is 8. The van der Waals surface area contributed by atoms with Crippen molar-refractivity contribution in [2.75, 3.05) is 12.3 Å². The maximum Gasteiger partial charge on any atom is 0.333 e. The second-order valence-corrected chi connectivity index (χ2v) is 9.51. The number of nitrogens with zero attached hydrogens (tertiary/aromatic N) is 1. The molecule has 0 aromatic heterocycles. The number of amides is 5. The highest BCUT2D eigenvalue weighted by Gasteiger charge is 2.42. The van der Waals surface area contributed by atoms with Gasteiger partial charge in [0.05, 0.1) is 18.5 Å². The molecule has 3 heterocycles. The Balaban J connectivity index is 1.15. The van der Waals surface area contributed by atoms with E-state index < -0.39 is 23.9 Å². The minimum absolute atomic E-state index is 0.00168. The molecule has 178 valence electrons. The van der Waals surface area contributed by atoms with Crippen LogP contribution in [0.25, 0.3) is 0 Å². The molecule has 12 heteroatoms. The van der Waals surface area contributed by atoms with Crippen LogP contribution in [0.1, 0.15) is 57.8 Å². The average molecular weight is 471 g/mol. The molecule has 0 bridgehead atoms. The maximum absolute atomic E-state index is 11.9. The highest BCUT2D eigenvalue weighted by atomic mass is 32.2. The highest BCUT2D eigenvalue weighted by molar-refractivity contribution is 8.00. The SMILES string of the molecule is O=C(CCCC[C@@H]1SC[C@@H]2NC(=O)N[C@@H]21)NCCCCCC(=O)ON1C(=O)CC(O)C1=O. The zero-order valence-electron chi connectivity index (χ0n) is 17.8. The van der Waals surface area contributed by atoms with E-state index >= 15 is 0 Å². The molecule has 32 heavy (non-hydrogen) atoms. The summed E-state index contributed by atoms with van der Waals surface area (Å²) in [6.07, 6.45) is 3.29. The minimum atomic E-state index is -1.44. The van der Waals surface area contributed by atoms with Gasteiger partial charge in [0.1, 0.15) is 6.10 Å². The van der Waals surface area contributed by atoms with E-state index in [4.69, 9.17) is 4.84 Å². The Labute approximate surface area is 190 Å². The first-order valence-corrected chi connectivity index (χ1v) is 12.1. The van der Waals surface area contributed by atoms with Crippen LogP contribution in [0.3, 0.4) is 0 Å². The molecular weight excluding hydrogens is 440 g/mol. The Morgan fingerprint density at radius 2 is 1.88 bits per heavy atom. The molecule has 0 radical (unpaired) electrons. The van der Waals surface area contributed by atoms with E-state index in [1.54, 1.807) is 0 Å². The van der Waals surface area contributed by atoms with Crippen molar-refractivity contribution in [2.45, 2.75) is 81.2 Å². The van der Waals surface area contributed by atoms with Gasteiger partial charge in [-0.25, -0.2) is 9.59 Å². The summed E-state index contributed by atoms with van der Waals surface area (Å²) in [6, 6.07) is 0.334. The molecule has 0 aromatic carbocycles. The first kappa shape index (κ1) is 24.3. The quantitative estimate of drug-likeness (QED) is 0.176. The molecule has 3 rings (SSSR count). The maximum atomic E-state index is 11.9. The van der Waals surface area contributed by atoms with Crippen molar-refractivity contribution in [1.82, 2.24) is 21.0 Å². The average Bonchev–Trinajstić information content (AvgIpc) is 3.37. The summed E-state index contributed by atoms with van der Waals surface area (Å²) in [7, 11) is 0. The lowest BCUT2D eigenvalue weighted by Gasteiger charge is -2.16. The van der Waals surface area contributed by atoms with E-state index in [-0.39, 0.29) is 36.9 Å². The number of unbranched alkanes of at least 4 members (excludes halogenated alkanes) is 3. The van der Waals surface area contributed by atoms with Gasteiger partial charge in [-0.15, -0.1) is 0 Å². The molecule has 3 fully saturated rings. The summed E-state index contributed by atoms with van der Waals surface area (Å²) in [4.78, 5) is 62.6. The third kappa shape index (κ3) is 6.58. The van der Waals surface area contributed by atoms with Crippen molar-refractivity contribution in [2.24, 2.45) is 0 Å². The molecule has 3 aliphatic heterocycles. The van der Waals surface area contributed by atoms with Crippen molar-refractivity contribution in [3.63, 3.8) is 0 Å². The normalized spacial score (nSPS) is 26.7. The molecular formula is C20H30N4O7S. The van der Waals surface area contributed by atoms with Gasteiger partial charge in [0.2, 0.25) is 5.91 Å². The number of urea groups is 1. The summed E-state index contributed by atoms with van der Waals surface area (Å²) in [5, 5.41) is 18.8. The van der Waals surface area contributed by atoms with Gasteiger partial charge in [-0.1, -0.05) is 17.9 Å².